The lowest BCUT2D eigenvalue weighted by Crippen LogP contribution is -2.04. The monoisotopic (exact) mass is 438 g/mol. The molecule has 0 aliphatic rings. The maximum Gasteiger partial charge on any atom is 0.139 e. The Morgan fingerprint density at radius 3 is 2.64 bits per heavy atom. The van der Waals surface area contributed by atoms with Gasteiger partial charge in [0, 0.05) is 24.1 Å². The Morgan fingerprint density at radius 1 is 0.939 bits per heavy atom. The van der Waals surface area contributed by atoms with E-state index in [4.69, 9.17) is 20.2 Å². The number of methoxy groups -OCH3 is 1. The first-order valence-corrected chi connectivity index (χ1v) is 11.1. The zero-order valence-electron chi connectivity index (χ0n) is 18.6. The van der Waals surface area contributed by atoms with Gasteiger partial charge in [-0.05, 0) is 48.4 Å². The summed E-state index contributed by atoms with van der Waals surface area (Å²) in [6.45, 7) is 1.70. The number of pyridine rings is 1. The van der Waals surface area contributed by atoms with E-state index in [-0.39, 0.29) is 0 Å². The average molecular weight is 439 g/mol. The van der Waals surface area contributed by atoms with E-state index in [0.717, 1.165) is 51.1 Å². The van der Waals surface area contributed by atoms with Gasteiger partial charge in [-0.2, -0.15) is 0 Å². The molecule has 5 rings (SSSR count). The van der Waals surface area contributed by atoms with E-state index in [9.17, 15) is 0 Å². The number of hydrogen-bond donors (Lipinski definition) is 1. The Morgan fingerprint density at radius 2 is 1.82 bits per heavy atom. The van der Waals surface area contributed by atoms with Gasteiger partial charge in [-0.1, -0.05) is 42.5 Å². The van der Waals surface area contributed by atoms with Crippen LogP contribution in [0.4, 0.5) is 0 Å². The Bertz CT molecular complexity index is 1390. The van der Waals surface area contributed by atoms with Crippen LogP contribution in [0.5, 0.6) is 5.75 Å². The number of nitrogens with two attached hydrogens (primary N) is 1. The maximum atomic E-state index is 5.72. The number of para-hydroxylation sites is 1. The molecule has 2 aromatic heterocycles. The van der Waals surface area contributed by atoms with E-state index in [1.54, 1.807) is 7.11 Å². The number of aromatic nitrogens is 3. The molecular formula is C27H26N4O2. The highest BCUT2D eigenvalue weighted by Crippen LogP contribution is 2.29. The number of nitrogens with zero attached hydrogens (tertiary/aromatic N) is 3. The van der Waals surface area contributed by atoms with Crippen LogP contribution in [0.1, 0.15) is 5.56 Å². The van der Waals surface area contributed by atoms with Crippen LogP contribution in [-0.2, 0) is 11.2 Å². The molecule has 6 nitrogen and oxygen atoms in total. The quantitative estimate of drug-likeness (QED) is 0.353. The van der Waals surface area contributed by atoms with Gasteiger partial charge in [-0.25, -0.2) is 9.97 Å². The Kier molecular flexibility index (Phi) is 6.02. The van der Waals surface area contributed by atoms with Crippen LogP contribution in [0.15, 0.2) is 79.1 Å². The molecule has 0 aliphatic heterocycles. The lowest BCUT2D eigenvalue weighted by molar-refractivity contribution is 0.146. The molecule has 33 heavy (non-hydrogen) atoms. The molecule has 2 heterocycles. The van der Waals surface area contributed by atoms with E-state index >= 15 is 0 Å². The lowest BCUT2D eigenvalue weighted by atomic mass is 10.00. The van der Waals surface area contributed by atoms with Gasteiger partial charge in [0.2, 0.25) is 0 Å². The first-order chi connectivity index (χ1) is 16.3. The third-order valence-electron chi connectivity index (χ3n) is 5.73. The van der Waals surface area contributed by atoms with Crippen LogP contribution in [0.25, 0.3) is 38.9 Å². The number of hydrogen-bond acceptors (Lipinski definition) is 5. The smallest absolute Gasteiger partial charge is 0.139 e. The van der Waals surface area contributed by atoms with Crippen LogP contribution in [0.2, 0.25) is 0 Å². The first kappa shape index (κ1) is 21.1. The van der Waals surface area contributed by atoms with E-state index in [2.05, 4.69) is 53.5 Å². The summed E-state index contributed by atoms with van der Waals surface area (Å²) in [6, 6.07) is 24.9. The molecule has 0 saturated heterocycles. The summed E-state index contributed by atoms with van der Waals surface area (Å²) < 4.78 is 12.8. The van der Waals surface area contributed by atoms with Crippen LogP contribution < -0.4 is 10.5 Å². The molecule has 0 fully saturated rings. The molecule has 0 spiro atoms. The van der Waals surface area contributed by atoms with Crippen molar-refractivity contribution in [3.05, 3.63) is 84.7 Å². The number of benzene rings is 3. The van der Waals surface area contributed by atoms with Gasteiger partial charge < -0.3 is 15.2 Å². The fourth-order valence-electron chi connectivity index (χ4n) is 4.03. The largest absolute Gasteiger partial charge is 0.491 e. The fraction of sp³-hybridized carbons (Fsp3) is 0.185. The van der Waals surface area contributed by atoms with Crippen LogP contribution in [0.3, 0.4) is 0 Å². The van der Waals surface area contributed by atoms with Crippen molar-refractivity contribution < 1.29 is 9.47 Å². The Balaban J connectivity index is 1.53. The van der Waals surface area contributed by atoms with Crippen molar-refractivity contribution >= 4 is 21.9 Å². The van der Waals surface area contributed by atoms with Crippen LogP contribution in [0, 0.1) is 0 Å². The summed E-state index contributed by atoms with van der Waals surface area (Å²) in [4.78, 5) is 9.61. The molecule has 5 aromatic rings. The number of imidazole rings is 1. The zero-order chi connectivity index (χ0) is 22.6. The molecule has 0 bridgehead atoms. The molecule has 0 atom stereocenters. The van der Waals surface area contributed by atoms with Gasteiger partial charge in [-0.3, -0.25) is 4.57 Å². The molecule has 0 aliphatic carbocycles. The molecule has 0 amide bonds. The van der Waals surface area contributed by atoms with Gasteiger partial charge in [0.1, 0.15) is 24.5 Å². The van der Waals surface area contributed by atoms with Crippen LogP contribution >= 0.6 is 0 Å². The Labute approximate surface area is 192 Å². The number of fused-ring (bicyclic) bond motifs is 2. The van der Waals surface area contributed by atoms with Gasteiger partial charge >= 0.3 is 0 Å². The summed E-state index contributed by atoms with van der Waals surface area (Å²) in [7, 11) is 1.66. The normalized spacial score (nSPS) is 11.3. The Hall–Kier alpha value is -3.74. The molecule has 2 N–H and O–H groups in total. The van der Waals surface area contributed by atoms with Crippen molar-refractivity contribution in [3.63, 3.8) is 0 Å². The van der Waals surface area contributed by atoms with E-state index in [0.29, 0.717) is 19.8 Å². The number of ether oxygens (including phenoxy) is 2. The zero-order valence-corrected chi connectivity index (χ0v) is 18.6. The molecule has 3 aromatic carbocycles. The summed E-state index contributed by atoms with van der Waals surface area (Å²) in [6.07, 6.45) is 2.69. The summed E-state index contributed by atoms with van der Waals surface area (Å²) >= 11 is 0. The van der Waals surface area contributed by atoms with Crippen molar-refractivity contribution in [3.8, 4) is 22.7 Å². The molecule has 0 saturated carbocycles. The van der Waals surface area contributed by atoms with Crippen molar-refractivity contribution in [2.45, 2.75) is 6.42 Å². The molecule has 0 unspecified atom stereocenters. The maximum absolute atomic E-state index is 5.72. The molecular weight excluding hydrogens is 412 g/mol. The second-order valence-electron chi connectivity index (χ2n) is 7.89. The summed E-state index contributed by atoms with van der Waals surface area (Å²) in [5.74, 6) is 1.60. The summed E-state index contributed by atoms with van der Waals surface area (Å²) in [5, 5.41) is 1.10. The topological polar surface area (TPSA) is 75.2 Å². The van der Waals surface area contributed by atoms with Crippen molar-refractivity contribution in [2.75, 3.05) is 26.9 Å². The molecule has 166 valence electrons. The number of rotatable bonds is 8. The lowest BCUT2D eigenvalue weighted by Gasteiger charge is -2.10. The van der Waals surface area contributed by atoms with Gasteiger partial charge in [0.25, 0.3) is 0 Å². The standard InChI is InChI=1S/C27H26N4O2/c1-32-15-16-33-22-10-11-25-24(17-22)29-18-31(25)26-12-9-21-3-2-4-23(27(21)30-26)20-7-5-19(6-8-20)13-14-28/h2-12,17-18H,13-16,28H2,1H3. The fourth-order valence-corrected chi connectivity index (χ4v) is 4.03. The van der Waals surface area contributed by atoms with Gasteiger partial charge in [-0.15, -0.1) is 0 Å². The second kappa shape index (κ2) is 9.40. The van der Waals surface area contributed by atoms with Gasteiger partial charge in [0.05, 0.1) is 23.2 Å². The minimum atomic E-state index is 0.505. The van der Waals surface area contributed by atoms with Crippen LogP contribution in [-0.4, -0.2) is 41.4 Å². The molecule has 6 heteroatoms. The third kappa shape index (κ3) is 4.31. The van der Waals surface area contributed by atoms with E-state index in [1.165, 1.54) is 5.56 Å². The third-order valence-corrected chi connectivity index (χ3v) is 5.73. The highest BCUT2D eigenvalue weighted by molar-refractivity contribution is 5.94. The minimum absolute atomic E-state index is 0.505. The van der Waals surface area contributed by atoms with E-state index < -0.39 is 0 Å². The first-order valence-electron chi connectivity index (χ1n) is 11.1. The summed E-state index contributed by atoms with van der Waals surface area (Å²) in [5.41, 5.74) is 12.0. The molecule has 0 radical (unpaired) electrons. The highest BCUT2D eigenvalue weighted by atomic mass is 16.5. The van der Waals surface area contributed by atoms with Crippen molar-refractivity contribution in [1.29, 1.82) is 0 Å². The van der Waals surface area contributed by atoms with Gasteiger partial charge in [0.15, 0.2) is 0 Å². The SMILES string of the molecule is COCCOc1ccc2c(c1)ncn2-c1ccc2cccc(-c3ccc(CCN)cc3)c2n1. The van der Waals surface area contributed by atoms with Crippen molar-refractivity contribution in [2.24, 2.45) is 5.73 Å². The average Bonchev–Trinajstić information content (AvgIpc) is 3.28. The minimum Gasteiger partial charge on any atom is -0.491 e. The highest BCUT2D eigenvalue weighted by Gasteiger charge is 2.11. The second-order valence-corrected chi connectivity index (χ2v) is 7.89. The predicted molar refractivity (Wildman–Crippen MR) is 132 cm³/mol. The predicted octanol–water partition coefficient (Wildman–Crippen LogP) is 4.77. The van der Waals surface area contributed by atoms with E-state index in [1.807, 2.05) is 35.2 Å². The van der Waals surface area contributed by atoms with Crippen molar-refractivity contribution in [1.82, 2.24) is 14.5 Å².